The number of aromatic carboxylic acids is 1. The highest BCUT2D eigenvalue weighted by atomic mass is 35.5. The molecule has 2 aliphatic carbocycles. The van der Waals surface area contributed by atoms with Crippen LogP contribution in [-0.2, 0) is 54.5 Å². The van der Waals surface area contributed by atoms with Gasteiger partial charge in [-0.05, 0) is 146 Å². The summed E-state index contributed by atoms with van der Waals surface area (Å²) in [5.41, 5.74) is 16.0. The van der Waals surface area contributed by atoms with Crippen molar-refractivity contribution in [2.75, 3.05) is 0 Å². The molecule has 15 nitrogen and oxygen atoms in total. The Morgan fingerprint density at radius 3 is 1.47 bits per heavy atom. The molecule has 1 amide bonds. The minimum absolute atomic E-state index is 0. The van der Waals surface area contributed by atoms with Crippen molar-refractivity contribution < 1.29 is 43.7 Å². The van der Waals surface area contributed by atoms with Gasteiger partial charge in [-0.2, -0.15) is 0 Å². The minimum atomic E-state index is -0.981. The van der Waals surface area contributed by atoms with Gasteiger partial charge in [0.05, 0.1) is 74.9 Å². The molecule has 2 saturated carbocycles. The van der Waals surface area contributed by atoms with Gasteiger partial charge in [0.25, 0.3) is 5.91 Å². The van der Waals surface area contributed by atoms with E-state index in [4.69, 9.17) is 94.3 Å². The van der Waals surface area contributed by atoms with Crippen molar-refractivity contribution >= 4 is 142 Å². The predicted molar refractivity (Wildman–Crippen MR) is 341 cm³/mol. The van der Waals surface area contributed by atoms with Gasteiger partial charge < -0.3 is 54.0 Å². The molecular weight excluding hydrogens is 1240 g/mol. The van der Waals surface area contributed by atoms with Gasteiger partial charge in [0.15, 0.2) is 11.2 Å². The molecule has 2 atom stereocenters. The second kappa shape index (κ2) is 24.3. The van der Waals surface area contributed by atoms with Crippen molar-refractivity contribution in [1.82, 2.24) is 14.1 Å². The van der Waals surface area contributed by atoms with Crippen LogP contribution in [0, 0.1) is 0 Å². The lowest BCUT2D eigenvalue weighted by molar-refractivity contribution is -0.00755. The van der Waals surface area contributed by atoms with E-state index in [9.17, 15) is 24.7 Å². The standard InChI is InChI=1S/C31H27BCl3N3O4.C19H13Cl3N2O3.C12H16BNO2.ClH/c1-30(19-14-23(33)28(35)24(34)15-19)16-25(37-42-30)27-9-7-20(26-5-4-12-38(26)27)29(39)36-17-18-6-8-21-22(13-18)32(40)41-31(21)10-2-3-11-31;1-19(10-7-12(20)17(22)13(21)8-10)9-14(23-27-19)16-5-4-11(18(25)26)15-3-2-6-24(15)16;14-8-9-3-4-10-11(7-9)13(15)16-12(10)5-1-2-6-12;/h4-9,12-15,40H,2-3,10-11,16-17H2,1H3,(H,36,39);2-8H,9H2,1H3,(H,25,26);3-4,7,15H,1-2,5-6,8,14H2;1H. The van der Waals surface area contributed by atoms with Gasteiger partial charge in [-0.15, -0.1) is 12.4 Å². The molecule has 2 unspecified atom stereocenters. The number of aromatic nitrogens is 2. The summed E-state index contributed by atoms with van der Waals surface area (Å²) in [6.45, 7) is 4.64. The van der Waals surface area contributed by atoms with Crippen LogP contribution < -0.4 is 22.0 Å². The van der Waals surface area contributed by atoms with Crippen molar-refractivity contribution in [2.45, 2.75) is 114 Å². The molecule has 8 heterocycles. The highest BCUT2D eigenvalue weighted by Crippen LogP contribution is 2.47. The van der Waals surface area contributed by atoms with Crippen LogP contribution in [0.4, 0.5) is 0 Å². The number of pyridine rings is 2. The molecule has 4 aliphatic heterocycles. The molecule has 4 aromatic heterocycles. The first-order chi connectivity index (χ1) is 40.7. The van der Waals surface area contributed by atoms with Crippen molar-refractivity contribution in [2.24, 2.45) is 16.0 Å². The lowest BCUT2D eigenvalue weighted by Gasteiger charge is -2.25. The van der Waals surface area contributed by atoms with E-state index in [0.29, 0.717) is 72.9 Å². The zero-order chi connectivity index (χ0) is 59.7. The monoisotopic (exact) mass is 1300 g/mol. The Kier molecular flexibility index (Phi) is 17.5. The Balaban J connectivity index is 0.000000149. The SMILES string of the molecule is CC1(c2cc(Cl)c(Cl)c(Cl)c2)CC(c2ccc(C(=O)NCc3ccc4c(c3)B(O)OC43CCCC3)c3cccn23)=NO1.CC1(c2cc(Cl)c(Cl)c(Cl)c2)CC(c2ccc(C(=O)O)c3cccn23)=NO1.Cl.NCc1ccc2c(c1)B(O)OC21CCCC1. The molecule has 0 radical (unpaired) electrons. The Labute approximate surface area is 532 Å². The maximum atomic E-state index is 13.4. The molecule has 4 aromatic carbocycles. The number of fused-ring (bicyclic) bond motifs is 6. The molecule has 24 heteroatoms. The van der Waals surface area contributed by atoms with Crippen LogP contribution in [-0.4, -0.2) is 61.5 Å². The third-order valence-corrected chi connectivity index (χ3v) is 19.7. The zero-order valence-electron chi connectivity index (χ0n) is 46.5. The molecule has 86 heavy (non-hydrogen) atoms. The third kappa shape index (κ3) is 11.3. The number of hydrogen-bond donors (Lipinski definition) is 5. The fraction of sp³-hybridized carbons (Fsp3) is 0.290. The van der Waals surface area contributed by atoms with Gasteiger partial charge in [-0.25, -0.2) is 4.79 Å². The summed E-state index contributed by atoms with van der Waals surface area (Å²) in [4.78, 5) is 36.4. The first-order valence-electron chi connectivity index (χ1n) is 27.9. The number of nitrogens with one attached hydrogen (secondary N) is 1. The topological polar surface area (TPSA) is 203 Å². The molecule has 2 spiro atoms. The number of oxime groups is 2. The fourth-order valence-corrected chi connectivity index (χ4v) is 14.0. The van der Waals surface area contributed by atoms with Crippen LogP contribution in [0.2, 0.25) is 30.1 Å². The normalized spacial score (nSPS) is 20.2. The maximum Gasteiger partial charge on any atom is 0.492 e. The van der Waals surface area contributed by atoms with Crippen molar-refractivity contribution in [3.63, 3.8) is 0 Å². The molecule has 0 saturated heterocycles. The van der Waals surface area contributed by atoms with Crippen molar-refractivity contribution in [3.05, 3.63) is 208 Å². The smallest absolute Gasteiger partial charge is 0.478 e. The molecular formula is C62H57B2Cl7N6O9. The number of carboxylic acids is 1. The quantitative estimate of drug-likeness (QED) is 0.0683. The van der Waals surface area contributed by atoms with E-state index in [2.05, 4.69) is 21.7 Å². The fourth-order valence-electron chi connectivity index (χ4n) is 12.8. The van der Waals surface area contributed by atoms with Crippen molar-refractivity contribution in [1.29, 1.82) is 0 Å². The maximum absolute atomic E-state index is 13.4. The average molecular weight is 1300 g/mol. The number of carboxylic acid groups (broad SMARTS) is 1. The summed E-state index contributed by atoms with van der Waals surface area (Å²) >= 11 is 37.0. The second-order valence-corrected chi connectivity index (χ2v) is 25.1. The van der Waals surface area contributed by atoms with Gasteiger partial charge >= 0.3 is 20.2 Å². The first-order valence-corrected chi connectivity index (χ1v) is 30.2. The number of nitrogens with zero attached hydrogens (tertiary/aromatic N) is 4. The highest BCUT2D eigenvalue weighted by Gasteiger charge is 2.50. The van der Waals surface area contributed by atoms with E-state index in [0.717, 1.165) is 99.9 Å². The van der Waals surface area contributed by atoms with Crippen LogP contribution in [0.15, 0.2) is 132 Å². The molecule has 6 N–H and O–H groups in total. The van der Waals surface area contributed by atoms with E-state index < -0.39 is 31.4 Å². The zero-order valence-corrected chi connectivity index (χ0v) is 51.9. The number of carbonyl (C=O) groups excluding carboxylic acids is 1. The second-order valence-electron chi connectivity index (χ2n) is 22.8. The largest absolute Gasteiger partial charge is 0.492 e. The molecule has 14 rings (SSSR count). The summed E-state index contributed by atoms with van der Waals surface area (Å²) in [7, 11) is -1.70. The molecule has 2 fully saturated rings. The van der Waals surface area contributed by atoms with E-state index >= 15 is 0 Å². The van der Waals surface area contributed by atoms with Crippen LogP contribution in [0.5, 0.6) is 0 Å². The van der Waals surface area contributed by atoms with E-state index in [1.807, 2.05) is 73.0 Å². The van der Waals surface area contributed by atoms with Gasteiger partial charge in [-0.1, -0.05) is 142 Å². The van der Waals surface area contributed by atoms with Gasteiger partial charge in [0, 0.05) is 49.5 Å². The lowest BCUT2D eigenvalue weighted by atomic mass is 9.77. The average Bonchev–Trinajstić information content (AvgIpc) is 2.00. The third-order valence-electron chi connectivity index (χ3n) is 17.3. The molecule has 6 aliphatic rings. The summed E-state index contributed by atoms with van der Waals surface area (Å²) in [6.07, 6.45) is 13.1. The predicted octanol–water partition coefficient (Wildman–Crippen LogP) is 13.0. The van der Waals surface area contributed by atoms with Crippen LogP contribution >= 0.6 is 82.0 Å². The summed E-state index contributed by atoms with van der Waals surface area (Å²) in [6, 6.07) is 33.3. The minimum Gasteiger partial charge on any atom is -0.478 e. The molecule has 444 valence electrons. The van der Waals surface area contributed by atoms with E-state index in [1.165, 1.54) is 18.4 Å². The highest BCUT2D eigenvalue weighted by molar-refractivity contribution is 6.62. The molecule has 8 aromatic rings. The number of amides is 1. The summed E-state index contributed by atoms with van der Waals surface area (Å²) in [5, 5.41) is 43.6. The Morgan fingerprint density at radius 2 is 1.02 bits per heavy atom. The summed E-state index contributed by atoms with van der Waals surface area (Å²) in [5.74, 6) is -1.18. The van der Waals surface area contributed by atoms with Gasteiger partial charge in [0.1, 0.15) is 11.4 Å². The number of benzene rings is 4. The van der Waals surface area contributed by atoms with Gasteiger partial charge in [0.2, 0.25) is 0 Å². The van der Waals surface area contributed by atoms with Crippen LogP contribution in [0.1, 0.15) is 144 Å². The van der Waals surface area contributed by atoms with E-state index in [-0.39, 0.29) is 35.1 Å². The number of rotatable bonds is 9. The number of hydrogen-bond acceptors (Lipinski definition) is 11. The number of halogens is 7. The number of nitrogens with two attached hydrogens (primary N) is 1. The Bertz CT molecular complexity index is 4030. The van der Waals surface area contributed by atoms with Crippen LogP contribution in [0.25, 0.3) is 11.0 Å². The van der Waals surface area contributed by atoms with E-state index in [1.54, 1.807) is 65.2 Å². The van der Waals surface area contributed by atoms with Crippen LogP contribution in [0.3, 0.4) is 0 Å². The number of carbonyl (C=O) groups is 2. The first kappa shape index (κ1) is 61.9. The van der Waals surface area contributed by atoms with Crippen molar-refractivity contribution in [3.8, 4) is 0 Å². The summed E-state index contributed by atoms with van der Waals surface area (Å²) < 4.78 is 15.5. The van der Waals surface area contributed by atoms with Gasteiger partial charge in [-0.3, -0.25) is 4.79 Å². The lowest BCUT2D eigenvalue weighted by Crippen LogP contribution is -2.30. The molecule has 0 bridgehead atoms. The Hall–Kier alpha value is -5.76. The Morgan fingerprint density at radius 1 is 0.605 bits per heavy atom.